The van der Waals surface area contributed by atoms with Crippen molar-refractivity contribution in [2.75, 3.05) is 14.2 Å². The van der Waals surface area contributed by atoms with Gasteiger partial charge < -0.3 is 10.5 Å². The molecule has 2 aromatic rings. The molecule has 0 amide bonds. The summed E-state index contributed by atoms with van der Waals surface area (Å²) in [5, 5.41) is 2.10. The Morgan fingerprint density at radius 2 is 1.95 bits per heavy atom. The Morgan fingerprint density at radius 1 is 1.25 bits per heavy atom. The Kier molecular flexibility index (Phi) is 5.17. The molecule has 0 bridgehead atoms. The quantitative estimate of drug-likeness (QED) is 0.887. The third-order valence-electron chi connectivity index (χ3n) is 3.40. The maximum Gasteiger partial charge on any atom is 0.118 e. The largest absolute Gasteiger partial charge is 0.497 e. The Morgan fingerprint density at radius 3 is 2.45 bits per heavy atom. The lowest BCUT2D eigenvalue weighted by Crippen LogP contribution is -2.36. The monoisotopic (exact) mass is 290 g/mol. The van der Waals surface area contributed by atoms with Crippen LogP contribution in [0.1, 0.15) is 23.4 Å². The van der Waals surface area contributed by atoms with Crippen LogP contribution >= 0.6 is 11.3 Å². The minimum atomic E-state index is 0.0944. The molecule has 2 atom stereocenters. The van der Waals surface area contributed by atoms with Gasteiger partial charge >= 0.3 is 0 Å². The highest BCUT2D eigenvalue weighted by Gasteiger charge is 2.22. The number of rotatable bonds is 6. The predicted molar refractivity (Wildman–Crippen MR) is 85.2 cm³/mol. The fourth-order valence-corrected chi connectivity index (χ4v) is 3.46. The minimum Gasteiger partial charge on any atom is -0.497 e. The SMILES string of the molecule is COc1ccc(CN(C)C(c2cccs2)C(C)N)cc1. The lowest BCUT2D eigenvalue weighted by Gasteiger charge is -2.30. The van der Waals surface area contributed by atoms with E-state index in [4.69, 9.17) is 10.5 Å². The molecule has 0 saturated carbocycles. The fraction of sp³-hybridized carbons (Fsp3) is 0.375. The van der Waals surface area contributed by atoms with Gasteiger partial charge in [0, 0.05) is 17.5 Å². The molecule has 2 unspecified atom stereocenters. The van der Waals surface area contributed by atoms with E-state index in [2.05, 4.69) is 48.5 Å². The van der Waals surface area contributed by atoms with Gasteiger partial charge in [0.1, 0.15) is 5.75 Å². The zero-order valence-corrected chi connectivity index (χ0v) is 13.1. The molecule has 1 aromatic heterocycles. The summed E-state index contributed by atoms with van der Waals surface area (Å²) in [6, 6.07) is 12.8. The molecule has 2 rings (SSSR count). The molecular weight excluding hydrogens is 268 g/mol. The van der Waals surface area contributed by atoms with Gasteiger partial charge in [-0.1, -0.05) is 18.2 Å². The van der Waals surface area contributed by atoms with Crippen LogP contribution in [0.25, 0.3) is 0 Å². The van der Waals surface area contributed by atoms with Crippen molar-refractivity contribution in [2.24, 2.45) is 5.73 Å². The second-order valence-electron chi connectivity index (χ2n) is 5.08. The molecule has 20 heavy (non-hydrogen) atoms. The number of benzene rings is 1. The molecule has 0 aliphatic heterocycles. The average Bonchev–Trinajstić information content (AvgIpc) is 2.93. The van der Waals surface area contributed by atoms with Gasteiger partial charge in [0.25, 0.3) is 0 Å². The highest BCUT2D eigenvalue weighted by Crippen LogP contribution is 2.27. The van der Waals surface area contributed by atoms with E-state index in [1.807, 2.05) is 12.1 Å². The Hall–Kier alpha value is -1.36. The molecule has 3 nitrogen and oxygen atoms in total. The van der Waals surface area contributed by atoms with Crippen molar-refractivity contribution in [3.8, 4) is 5.75 Å². The first-order valence-corrected chi connectivity index (χ1v) is 7.62. The second-order valence-corrected chi connectivity index (χ2v) is 6.06. The summed E-state index contributed by atoms with van der Waals surface area (Å²) in [5.74, 6) is 0.887. The van der Waals surface area contributed by atoms with Crippen LogP contribution in [0.5, 0.6) is 5.75 Å². The molecule has 1 aromatic carbocycles. The molecule has 0 aliphatic rings. The van der Waals surface area contributed by atoms with Crippen LogP contribution in [0, 0.1) is 0 Å². The van der Waals surface area contributed by atoms with Gasteiger partial charge in [-0.3, -0.25) is 4.90 Å². The summed E-state index contributed by atoms with van der Waals surface area (Å²) in [4.78, 5) is 3.62. The molecule has 108 valence electrons. The predicted octanol–water partition coefficient (Wildman–Crippen LogP) is 3.28. The van der Waals surface area contributed by atoms with Crippen LogP contribution < -0.4 is 10.5 Å². The van der Waals surface area contributed by atoms with E-state index in [9.17, 15) is 0 Å². The Labute approximate surface area is 125 Å². The first-order valence-electron chi connectivity index (χ1n) is 6.74. The van der Waals surface area contributed by atoms with Gasteiger partial charge in [-0.15, -0.1) is 11.3 Å². The number of likely N-dealkylation sites (N-methyl/N-ethyl adjacent to an activating group) is 1. The summed E-state index contributed by atoms with van der Waals surface area (Å²) in [5.41, 5.74) is 7.43. The standard InChI is InChI=1S/C16H22N2OS/c1-12(17)16(15-5-4-10-20-15)18(2)11-13-6-8-14(19-3)9-7-13/h4-10,12,16H,11,17H2,1-3H3. The molecule has 0 spiro atoms. The summed E-state index contributed by atoms with van der Waals surface area (Å²) in [6.45, 7) is 2.93. The van der Waals surface area contributed by atoms with Crippen molar-refractivity contribution in [1.82, 2.24) is 4.90 Å². The van der Waals surface area contributed by atoms with E-state index in [1.54, 1.807) is 18.4 Å². The number of methoxy groups -OCH3 is 1. The maximum absolute atomic E-state index is 6.17. The Balaban J connectivity index is 2.10. The normalized spacial score (nSPS) is 14.2. The van der Waals surface area contributed by atoms with Crippen molar-refractivity contribution in [3.63, 3.8) is 0 Å². The summed E-state index contributed by atoms with van der Waals surface area (Å²) < 4.78 is 5.19. The van der Waals surface area contributed by atoms with Crippen LogP contribution in [-0.2, 0) is 6.54 Å². The van der Waals surface area contributed by atoms with Crippen molar-refractivity contribution >= 4 is 11.3 Å². The van der Waals surface area contributed by atoms with Crippen molar-refractivity contribution in [2.45, 2.75) is 25.6 Å². The molecule has 2 N–H and O–H groups in total. The lowest BCUT2D eigenvalue weighted by atomic mass is 10.1. The van der Waals surface area contributed by atoms with Crippen molar-refractivity contribution in [3.05, 3.63) is 52.2 Å². The Bertz CT molecular complexity index is 508. The highest BCUT2D eigenvalue weighted by molar-refractivity contribution is 7.10. The van der Waals surface area contributed by atoms with Gasteiger partial charge in [0.15, 0.2) is 0 Å². The number of ether oxygens (including phenoxy) is 1. The maximum atomic E-state index is 6.17. The molecule has 4 heteroatoms. The fourth-order valence-electron chi connectivity index (χ4n) is 2.45. The van der Waals surface area contributed by atoms with Gasteiger partial charge in [-0.05, 0) is 43.1 Å². The zero-order chi connectivity index (χ0) is 14.5. The van der Waals surface area contributed by atoms with Crippen LogP contribution in [0.3, 0.4) is 0 Å². The van der Waals surface area contributed by atoms with Gasteiger partial charge in [-0.2, -0.15) is 0 Å². The molecule has 0 radical (unpaired) electrons. The van der Waals surface area contributed by atoms with Gasteiger partial charge in [-0.25, -0.2) is 0 Å². The van der Waals surface area contributed by atoms with E-state index in [1.165, 1.54) is 10.4 Å². The first kappa shape index (κ1) is 15.0. The second kappa shape index (κ2) is 6.88. The van der Waals surface area contributed by atoms with E-state index >= 15 is 0 Å². The topological polar surface area (TPSA) is 38.5 Å². The summed E-state index contributed by atoms with van der Waals surface area (Å²) >= 11 is 1.76. The first-order chi connectivity index (χ1) is 9.61. The number of hydrogen-bond acceptors (Lipinski definition) is 4. The van der Waals surface area contributed by atoms with E-state index in [-0.39, 0.29) is 12.1 Å². The smallest absolute Gasteiger partial charge is 0.118 e. The summed E-state index contributed by atoms with van der Waals surface area (Å²) in [6.07, 6.45) is 0. The van der Waals surface area contributed by atoms with Crippen LogP contribution in [0.4, 0.5) is 0 Å². The third-order valence-corrected chi connectivity index (χ3v) is 4.34. The number of nitrogens with two attached hydrogens (primary N) is 1. The van der Waals surface area contributed by atoms with E-state index in [0.29, 0.717) is 0 Å². The third kappa shape index (κ3) is 3.60. The molecular formula is C16H22N2OS. The van der Waals surface area contributed by atoms with Crippen LogP contribution in [-0.4, -0.2) is 25.1 Å². The van der Waals surface area contributed by atoms with E-state index < -0.39 is 0 Å². The average molecular weight is 290 g/mol. The van der Waals surface area contributed by atoms with Crippen molar-refractivity contribution in [1.29, 1.82) is 0 Å². The molecule has 0 fully saturated rings. The van der Waals surface area contributed by atoms with Crippen molar-refractivity contribution < 1.29 is 4.74 Å². The van der Waals surface area contributed by atoms with E-state index in [0.717, 1.165) is 12.3 Å². The number of thiophene rings is 1. The van der Waals surface area contributed by atoms with Gasteiger partial charge in [0.05, 0.1) is 13.2 Å². The van der Waals surface area contributed by atoms with Crippen LogP contribution in [0.15, 0.2) is 41.8 Å². The number of nitrogens with zero attached hydrogens (tertiary/aromatic N) is 1. The molecule has 1 heterocycles. The van der Waals surface area contributed by atoms with Crippen LogP contribution in [0.2, 0.25) is 0 Å². The minimum absolute atomic E-state index is 0.0944. The summed E-state index contributed by atoms with van der Waals surface area (Å²) in [7, 11) is 3.81. The lowest BCUT2D eigenvalue weighted by molar-refractivity contribution is 0.214. The highest BCUT2D eigenvalue weighted by atomic mass is 32.1. The molecule has 0 saturated heterocycles. The molecule has 0 aliphatic carbocycles. The number of hydrogen-bond donors (Lipinski definition) is 1. The zero-order valence-electron chi connectivity index (χ0n) is 12.2. The van der Waals surface area contributed by atoms with Gasteiger partial charge in [0.2, 0.25) is 0 Å².